The van der Waals surface area contributed by atoms with Gasteiger partial charge in [-0.05, 0) is 49.1 Å². The van der Waals surface area contributed by atoms with Crippen molar-refractivity contribution in [1.82, 2.24) is 0 Å². The quantitative estimate of drug-likeness (QED) is 0.636. The average Bonchev–Trinajstić information content (AvgIpc) is 3.10. The molecule has 30 heavy (non-hydrogen) atoms. The predicted octanol–water partition coefficient (Wildman–Crippen LogP) is 3.50. The van der Waals surface area contributed by atoms with E-state index in [0.717, 1.165) is 46.9 Å². The lowest BCUT2D eigenvalue weighted by molar-refractivity contribution is -0.305. The minimum atomic E-state index is -1.27. The smallest absolute Gasteiger partial charge is 0.258 e. The van der Waals surface area contributed by atoms with Crippen molar-refractivity contribution >= 4 is 50.6 Å². The van der Waals surface area contributed by atoms with E-state index >= 15 is 0 Å². The zero-order valence-electron chi connectivity index (χ0n) is 16.3. The maximum atomic E-state index is 13.3. The van der Waals surface area contributed by atoms with Crippen molar-refractivity contribution < 1.29 is 19.5 Å². The van der Waals surface area contributed by atoms with Gasteiger partial charge in [0.05, 0.1) is 5.56 Å². The molecule has 1 aromatic heterocycles. The number of rotatable bonds is 6. The molecule has 7 heteroatoms. The largest absolute Gasteiger partial charge is 0.550 e. The number of hydrogen-bond donors (Lipinski definition) is 2. The minimum Gasteiger partial charge on any atom is -0.550 e. The van der Waals surface area contributed by atoms with Crippen molar-refractivity contribution in [2.24, 2.45) is 0 Å². The Hall–Kier alpha value is -3.19. The number of carboxylic acids is 1. The third-order valence-corrected chi connectivity index (χ3v) is 6.45. The van der Waals surface area contributed by atoms with Gasteiger partial charge in [-0.3, -0.25) is 9.59 Å². The molecule has 4 rings (SSSR count). The fourth-order valence-corrected chi connectivity index (χ4v) is 5.12. The van der Waals surface area contributed by atoms with Crippen LogP contribution in [0.25, 0.3) is 10.8 Å². The van der Waals surface area contributed by atoms with E-state index in [9.17, 15) is 19.5 Å². The van der Waals surface area contributed by atoms with E-state index in [2.05, 4.69) is 10.6 Å². The van der Waals surface area contributed by atoms with Crippen LogP contribution in [-0.4, -0.2) is 17.8 Å². The lowest BCUT2D eigenvalue weighted by atomic mass is 9.95. The summed E-state index contributed by atoms with van der Waals surface area (Å²) < 4.78 is 0. The second-order valence-corrected chi connectivity index (χ2v) is 8.42. The van der Waals surface area contributed by atoms with Gasteiger partial charge < -0.3 is 20.5 Å². The van der Waals surface area contributed by atoms with E-state index in [1.165, 1.54) is 11.3 Å². The molecule has 0 atom stereocenters. The summed E-state index contributed by atoms with van der Waals surface area (Å²) in [6.45, 7) is 0. The fraction of sp³-hybridized carbons (Fsp3) is 0.261. The predicted molar refractivity (Wildman–Crippen MR) is 116 cm³/mol. The monoisotopic (exact) mass is 421 g/mol. The Labute approximate surface area is 177 Å². The summed E-state index contributed by atoms with van der Waals surface area (Å²) in [4.78, 5) is 37.3. The van der Waals surface area contributed by atoms with E-state index in [0.29, 0.717) is 16.3 Å². The number of carboxylic acid groups (broad SMARTS) is 1. The highest BCUT2D eigenvalue weighted by atomic mass is 32.1. The van der Waals surface area contributed by atoms with Gasteiger partial charge in [-0.25, -0.2) is 0 Å². The Kier molecular flexibility index (Phi) is 5.81. The molecular formula is C23H21N2O4S-. The Balaban J connectivity index is 1.64. The van der Waals surface area contributed by atoms with E-state index < -0.39 is 11.9 Å². The van der Waals surface area contributed by atoms with Gasteiger partial charge in [0.15, 0.2) is 0 Å². The Morgan fingerprint density at radius 1 is 0.933 bits per heavy atom. The fourth-order valence-electron chi connectivity index (χ4n) is 3.82. The molecule has 1 aliphatic carbocycles. The van der Waals surface area contributed by atoms with Crippen molar-refractivity contribution in [2.45, 2.75) is 38.5 Å². The van der Waals surface area contributed by atoms with Gasteiger partial charge in [-0.2, -0.15) is 0 Å². The van der Waals surface area contributed by atoms with Gasteiger partial charge in [0.1, 0.15) is 5.00 Å². The second kappa shape index (κ2) is 8.67. The van der Waals surface area contributed by atoms with Crippen LogP contribution in [-0.2, 0) is 22.4 Å². The second-order valence-electron chi connectivity index (χ2n) is 7.32. The molecule has 2 aromatic carbocycles. The lowest BCUT2D eigenvalue weighted by Crippen LogP contribution is -2.24. The Morgan fingerprint density at radius 2 is 1.70 bits per heavy atom. The minimum absolute atomic E-state index is 0.185. The number of anilines is 2. The van der Waals surface area contributed by atoms with E-state index in [4.69, 9.17) is 0 Å². The first-order valence-corrected chi connectivity index (χ1v) is 10.8. The van der Waals surface area contributed by atoms with E-state index in [-0.39, 0.29) is 18.7 Å². The first-order chi connectivity index (χ1) is 14.5. The third kappa shape index (κ3) is 4.21. The zero-order valence-corrected chi connectivity index (χ0v) is 17.1. The van der Waals surface area contributed by atoms with Crippen LogP contribution in [0.15, 0.2) is 42.5 Å². The van der Waals surface area contributed by atoms with Gasteiger partial charge >= 0.3 is 0 Å². The first kappa shape index (κ1) is 20.1. The Bertz CT molecular complexity index is 1130. The highest BCUT2D eigenvalue weighted by Crippen LogP contribution is 2.39. The van der Waals surface area contributed by atoms with Crippen LogP contribution in [0.4, 0.5) is 10.7 Å². The molecule has 0 spiro atoms. The van der Waals surface area contributed by atoms with E-state index in [1.54, 1.807) is 0 Å². The van der Waals surface area contributed by atoms with Crippen LogP contribution in [0.5, 0.6) is 0 Å². The van der Waals surface area contributed by atoms with Crippen LogP contribution < -0.4 is 15.7 Å². The number of nitrogens with one attached hydrogen (secondary N) is 2. The summed E-state index contributed by atoms with van der Waals surface area (Å²) in [5.41, 5.74) is 2.19. The maximum Gasteiger partial charge on any atom is 0.258 e. The van der Waals surface area contributed by atoms with Gasteiger partial charge in [0.25, 0.3) is 5.91 Å². The first-order valence-electron chi connectivity index (χ1n) is 9.96. The molecule has 0 aliphatic heterocycles. The molecule has 1 aliphatic rings. The topological polar surface area (TPSA) is 98.3 Å². The summed E-state index contributed by atoms with van der Waals surface area (Å²) in [6, 6.07) is 13.6. The van der Waals surface area contributed by atoms with Crippen molar-refractivity contribution in [3.63, 3.8) is 0 Å². The molecule has 0 bridgehead atoms. The normalized spacial score (nSPS) is 12.9. The summed E-state index contributed by atoms with van der Waals surface area (Å²) in [5, 5.41) is 18.9. The van der Waals surface area contributed by atoms with Gasteiger partial charge in [0, 0.05) is 28.3 Å². The SMILES string of the molecule is O=C([O-])CCC(=O)Nc1sc2c(c1C(=O)Nc1cccc3ccccc13)CCCC2. The van der Waals surface area contributed by atoms with Crippen LogP contribution in [0.2, 0.25) is 0 Å². The molecular weight excluding hydrogens is 400 g/mol. The number of amides is 2. The molecule has 1 heterocycles. The summed E-state index contributed by atoms with van der Waals surface area (Å²) in [6.07, 6.45) is 3.18. The summed E-state index contributed by atoms with van der Waals surface area (Å²) in [7, 11) is 0. The summed E-state index contributed by atoms with van der Waals surface area (Å²) >= 11 is 1.41. The molecule has 0 unspecified atom stereocenters. The van der Waals surface area contributed by atoms with Crippen molar-refractivity contribution in [2.75, 3.05) is 10.6 Å². The van der Waals surface area contributed by atoms with Crippen molar-refractivity contribution in [1.29, 1.82) is 0 Å². The Morgan fingerprint density at radius 3 is 2.53 bits per heavy atom. The maximum absolute atomic E-state index is 13.3. The molecule has 2 amide bonds. The van der Waals surface area contributed by atoms with Crippen LogP contribution in [0.1, 0.15) is 46.5 Å². The van der Waals surface area contributed by atoms with E-state index in [1.807, 2.05) is 42.5 Å². The number of carbonyl (C=O) groups is 3. The molecule has 0 radical (unpaired) electrons. The highest BCUT2D eigenvalue weighted by molar-refractivity contribution is 7.17. The zero-order chi connectivity index (χ0) is 21.1. The number of aryl methyl sites for hydroxylation is 1. The van der Waals surface area contributed by atoms with Crippen LogP contribution in [0, 0.1) is 0 Å². The molecule has 154 valence electrons. The molecule has 2 N–H and O–H groups in total. The average molecular weight is 421 g/mol. The highest BCUT2D eigenvalue weighted by Gasteiger charge is 2.26. The molecule has 0 saturated carbocycles. The van der Waals surface area contributed by atoms with Gasteiger partial charge in [-0.1, -0.05) is 36.4 Å². The molecule has 6 nitrogen and oxygen atoms in total. The van der Waals surface area contributed by atoms with Crippen LogP contribution in [0.3, 0.4) is 0 Å². The van der Waals surface area contributed by atoms with Gasteiger partial charge in [-0.15, -0.1) is 11.3 Å². The number of fused-ring (bicyclic) bond motifs is 2. The molecule has 0 saturated heterocycles. The summed E-state index contributed by atoms with van der Waals surface area (Å²) in [5.74, 6) is -1.97. The van der Waals surface area contributed by atoms with Crippen LogP contribution >= 0.6 is 11.3 Å². The standard InChI is InChI=1S/C23H22N2O4S/c26-19(12-13-20(27)28)25-23-21(16-9-3-4-11-18(16)30-23)22(29)24-17-10-5-7-14-6-1-2-8-15(14)17/h1-2,5-8,10H,3-4,9,11-13H2,(H,24,29)(H,25,26)(H,27,28)/p-1. The molecule has 3 aromatic rings. The number of thiophene rings is 1. The van der Waals surface area contributed by atoms with Crippen molar-refractivity contribution in [3.05, 3.63) is 58.5 Å². The van der Waals surface area contributed by atoms with Crippen molar-refractivity contribution in [3.8, 4) is 0 Å². The third-order valence-electron chi connectivity index (χ3n) is 5.25. The number of benzene rings is 2. The van der Waals surface area contributed by atoms with Gasteiger partial charge in [0.2, 0.25) is 5.91 Å². The molecule has 0 fully saturated rings. The number of aliphatic carboxylic acids is 1. The lowest BCUT2D eigenvalue weighted by Gasteiger charge is -2.14. The number of hydrogen-bond acceptors (Lipinski definition) is 5. The number of carbonyl (C=O) groups excluding carboxylic acids is 3.